The second kappa shape index (κ2) is 5.63. The summed E-state index contributed by atoms with van der Waals surface area (Å²) in [7, 11) is 0. The molecule has 5 nitrogen and oxygen atoms in total. The number of anilines is 1. The lowest BCUT2D eigenvalue weighted by Gasteiger charge is -2.06. The summed E-state index contributed by atoms with van der Waals surface area (Å²) in [6, 6.07) is 1.98. The van der Waals surface area contributed by atoms with Crippen molar-refractivity contribution in [2.24, 2.45) is 0 Å². The molecule has 0 aliphatic rings. The van der Waals surface area contributed by atoms with Crippen LogP contribution in [0.25, 0.3) is 0 Å². The van der Waals surface area contributed by atoms with Crippen LogP contribution >= 0.6 is 27.3 Å². The molecule has 0 aliphatic carbocycles. The van der Waals surface area contributed by atoms with Crippen LogP contribution in [0.2, 0.25) is 0 Å². The summed E-state index contributed by atoms with van der Waals surface area (Å²) in [5.74, 6) is -4.09. The molecule has 0 bridgehead atoms. The van der Waals surface area contributed by atoms with E-state index in [0.29, 0.717) is 0 Å². The number of hydrogen-bond acceptors (Lipinski definition) is 4. The molecule has 20 heavy (non-hydrogen) atoms. The Kier molecular flexibility index (Phi) is 4.09. The molecule has 0 atom stereocenters. The highest BCUT2D eigenvalue weighted by Gasteiger charge is 2.18. The molecule has 0 aliphatic heterocycles. The molecule has 1 aromatic carbocycles. The van der Waals surface area contributed by atoms with E-state index in [9.17, 15) is 18.4 Å². The molecule has 0 radical (unpaired) electrons. The van der Waals surface area contributed by atoms with E-state index < -0.39 is 29.2 Å². The zero-order chi connectivity index (χ0) is 14.9. The van der Waals surface area contributed by atoms with Crippen molar-refractivity contribution >= 4 is 44.8 Å². The fraction of sp³-hybridized carbons (Fsp3) is 0. The number of carbonyl (C=O) groups excluding carboxylic acids is 1. The minimum atomic E-state index is -1.29. The van der Waals surface area contributed by atoms with Gasteiger partial charge in [0.25, 0.3) is 5.91 Å². The highest BCUT2D eigenvalue weighted by molar-refractivity contribution is 9.10. The molecule has 1 amide bonds. The average Bonchev–Trinajstić information content (AvgIpc) is 2.83. The summed E-state index contributed by atoms with van der Waals surface area (Å²) in [5.41, 5.74) is -0.929. The Morgan fingerprint density at radius 1 is 1.30 bits per heavy atom. The normalized spacial score (nSPS) is 10.3. The third-order valence-corrected chi connectivity index (χ3v) is 3.46. The maximum Gasteiger partial charge on any atom is 0.355 e. The van der Waals surface area contributed by atoms with Gasteiger partial charge in [0.2, 0.25) is 0 Å². The van der Waals surface area contributed by atoms with Crippen molar-refractivity contribution in [2.45, 2.75) is 0 Å². The zero-order valence-corrected chi connectivity index (χ0v) is 11.9. The van der Waals surface area contributed by atoms with Gasteiger partial charge in [0.1, 0.15) is 5.69 Å². The van der Waals surface area contributed by atoms with Crippen molar-refractivity contribution in [3.8, 4) is 0 Å². The molecule has 0 saturated carbocycles. The van der Waals surface area contributed by atoms with Gasteiger partial charge in [-0.2, -0.15) is 0 Å². The Hall–Kier alpha value is -1.87. The van der Waals surface area contributed by atoms with Gasteiger partial charge in [-0.15, -0.1) is 11.3 Å². The zero-order valence-electron chi connectivity index (χ0n) is 9.49. The van der Waals surface area contributed by atoms with E-state index in [1.165, 1.54) is 0 Å². The van der Waals surface area contributed by atoms with Crippen LogP contribution in [0.15, 0.2) is 22.0 Å². The molecule has 2 rings (SSSR count). The minimum Gasteiger partial charge on any atom is -0.476 e. The highest BCUT2D eigenvalue weighted by atomic mass is 79.9. The number of amides is 1. The molecular formula is C11H5BrF2N2O3S. The van der Waals surface area contributed by atoms with Gasteiger partial charge in [0.05, 0.1) is 0 Å². The van der Waals surface area contributed by atoms with Gasteiger partial charge < -0.3 is 10.4 Å². The number of carboxylic acid groups (broad SMARTS) is 1. The number of aromatic nitrogens is 1. The van der Waals surface area contributed by atoms with Crippen LogP contribution in [-0.2, 0) is 0 Å². The molecule has 0 spiro atoms. The fourth-order valence-corrected chi connectivity index (χ4v) is 2.39. The summed E-state index contributed by atoms with van der Waals surface area (Å²) in [4.78, 5) is 25.9. The molecule has 0 unspecified atom stereocenters. The smallest absolute Gasteiger partial charge is 0.355 e. The maximum atomic E-state index is 13.5. The average molecular weight is 363 g/mol. The quantitative estimate of drug-likeness (QED) is 0.878. The van der Waals surface area contributed by atoms with Crippen LogP contribution in [0, 0.1) is 11.6 Å². The van der Waals surface area contributed by atoms with E-state index in [-0.39, 0.29) is 15.2 Å². The lowest BCUT2D eigenvalue weighted by atomic mass is 10.3. The Morgan fingerprint density at radius 3 is 2.40 bits per heavy atom. The number of thiazole rings is 1. The second-order valence-corrected chi connectivity index (χ2v) is 5.32. The summed E-state index contributed by atoms with van der Waals surface area (Å²) >= 11 is 3.67. The van der Waals surface area contributed by atoms with Crippen molar-refractivity contribution in [3.63, 3.8) is 0 Å². The van der Waals surface area contributed by atoms with E-state index in [1.807, 2.05) is 5.32 Å². The maximum absolute atomic E-state index is 13.5. The molecule has 1 heterocycles. The number of carboxylic acids is 1. The molecule has 0 fully saturated rings. The third-order valence-electron chi connectivity index (χ3n) is 2.16. The number of halogens is 3. The first-order valence-corrected chi connectivity index (χ1v) is 6.70. The Bertz CT molecular complexity index is 682. The molecule has 104 valence electrons. The SMILES string of the molecule is O=C(O)c1csc(C(=O)Nc2c(F)cc(Br)cc2F)n1. The van der Waals surface area contributed by atoms with Gasteiger partial charge in [-0.25, -0.2) is 18.6 Å². The lowest BCUT2D eigenvalue weighted by Crippen LogP contribution is -2.14. The Morgan fingerprint density at radius 2 is 1.90 bits per heavy atom. The van der Waals surface area contributed by atoms with E-state index in [1.54, 1.807) is 0 Å². The number of aromatic carboxylic acids is 1. The van der Waals surface area contributed by atoms with Crippen molar-refractivity contribution < 1.29 is 23.5 Å². The summed E-state index contributed by atoms with van der Waals surface area (Å²) in [5, 5.41) is 11.6. The van der Waals surface area contributed by atoms with Crippen LogP contribution in [0.4, 0.5) is 14.5 Å². The van der Waals surface area contributed by atoms with E-state index in [2.05, 4.69) is 20.9 Å². The number of nitrogens with zero attached hydrogens (tertiary/aromatic N) is 1. The largest absolute Gasteiger partial charge is 0.476 e. The number of rotatable bonds is 3. The molecule has 2 aromatic rings. The molecule has 1 aromatic heterocycles. The summed E-state index contributed by atoms with van der Waals surface area (Å²) in [6.07, 6.45) is 0. The van der Waals surface area contributed by atoms with Crippen LogP contribution in [0.3, 0.4) is 0 Å². The van der Waals surface area contributed by atoms with Crippen LogP contribution in [-0.4, -0.2) is 22.0 Å². The van der Waals surface area contributed by atoms with Gasteiger partial charge in [-0.05, 0) is 12.1 Å². The Labute approximate surface area is 123 Å². The number of hydrogen-bond donors (Lipinski definition) is 2. The van der Waals surface area contributed by atoms with Gasteiger partial charge in [0, 0.05) is 9.85 Å². The minimum absolute atomic E-state index is 0.188. The van der Waals surface area contributed by atoms with Gasteiger partial charge >= 0.3 is 5.97 Å². The monoisotopic (exact) mass is 362 g/mol. The molecule has 9 heteroatoms. The molecule has 0 saturated heterocycles. The van der Waals surface area contributed by atoms with Crippen molar-refractivity contribution in [1.29, 1.82) is 0 Å². The lowest BCUT2D eigenvalue weighted by molar-refractivity contribution is 0.0691. The second-order valence-electron chi connectivity index (χ2n) is 3.54. The van der Waals surface area contributed by atoms with Gasteiger partial charge in [-0.3, -0.25) is 4.79 Å². The number of nitrogens with one attached hydrogen (secondary N) is 1. The van der Waals surface area contributed by atoms with E-state index in [0.717, 1.165) is 28.8 Å². The first-order valence-electron chi connectivity index (χ1n) is 5.03. The first-order chi connectivity index (χ1) is 9.38. The summed E-state index contributed by atoms with van der Waals surface area (Å²) in [6.45, 7) is 0. The van der Waals surface area contributed by atoms with Crippen molar-refractivity contribution in [3.05, 3.63) is 44.3 Å². The van der Waals surface area contributed by atoms with Crippen LogP contribution in [0.5, 0.6) is 0 Å². The van der Waals surface area contributed by atoms with Crippen molar-refractivity contribution in [1.82, 2.24) is 4.98 Å². The first kappa shape index (κ1) is 14.5. The van der Waals surface area contributed by atoms with E-state index in [4.69, 9.17) is 5.11 Å². The predicted molar refractivity (Wildman–Crippen MR) is 71.1 cm³/mol. The van der Waals surface area contributed by atoms with Crippen LogP contribution in [0.1, 0.15) is 20.3 Å². The van der Waals surface area contributed by atoms with Crippen molar-refractivity contribution in [2.75, 3.05) is 5.32 Å². The van der Waals surface area contributed by atoms with Crippen LogP contribution < -0.4 is 5.32 Å². The third kappa shape index (κ3) is 2.99. The fourth-order valence-electron chi connectivity index (χ4n) is 1.30. The standard InChI is InChI=1S/C11H5BrF2N2O3S/c12-4-1-5(13)8(6(14)2-4)16-9(17)10-15-7(3-20-10)11(18)19/h1-3H,(H,16,17)(H,18,19). The summed E-state index contributed by atoms with van der Waals surface area (Å²) < 4.78 is 27.2. The van der Waals surface area contributed by atoms with E-state index >= 15 is 0 Å². The van der Waals surface area contributed by atoms with Gasteiger partial charge in [-0.1, -0.05) is 15.9 Å². The topological polar surface area (TPSA) is 79.3 Å². The number of benzene rings is 1. The predicted octanol–water partition coefficient (Wildman–Crippen LogP) is 3.13. The molecule has 2 N–H and O–H groups in total. The highest BCUT2D eigenvalue weighted by Crippen LogP contribution is 2.24. The van der Waals surface area contributed by atoms with Gasteiger partial charge in [0.15, 0.2) is 22.3 Å². The number of carbonyl (C=O) groups is 2. The Balaban J connectivity index is 2.25. The molecular weight excluding hydrogens is 358 g/mol.